The monoisotopic (exact) mass is 301 g/mol. The number of carbonyl (C=O) groups is 1. The van der Waals surface area contributed by atoms with E-state index in [1.165, 1.54) is 0 Å². The number of anilines is 2. The van der Waals surface area contributed by atoms with Crippen molar-refractivity contribution < 1.29 is 18.3 Å². The number of halogens is 2. The van der Waals surface area contributed by atoms with E-state index in [4.69, 9.17) is 4.74 Å². The molecule has 0 fully saturated rings. The highest BCUT2D eigenvalue weighted by Crippen LogP contribution is 2.19. The summed E-state index contributed by atoms with van der Waals surface area (Å²) in [6.45, 7) is 4.91. The zero-order valence-electron chi connectivity index (χ0n) is 12.3. The molecule has 0 aliphatic heterocycles. The molecule has 1 rings (SSSR count). The second-order valence-electron chi connectivity index (χ2n) is 4.41. The van der Waals surface area contributed by atoms with Gasteiger partial charge in [-0.05, 0) is 19.8 Å². The predicted octanol–water partition coefficient (Wildman–Crippen LogP) is 2.94. The fourth-order valence-electron chi connectivity index (χ4n) is 1.63. The Bertz CT molecular complexity index is 470. The van der Waals surface area contributed by atoms with Gasteiger partial charge in [-0.2, -0.15) is 0 Å². The minimum Gasteiger partial charge on any atom is -0.466 e. The smallest absolute Gasteiger partial charge is 0.305 e. The fraction of sp³-hybridized carbons (Fsp3) is 0.571. The van der Waals surface area contributed by atoms with Gasteiger partial charge < -0.3 is 15.4 Å². The number of hydrogen-bond donors (Lipinski definition) is 2. The van der Waals surface area contributed by atoms with Crippen LogP contribution in [0.5, 0.6) is 0 Å². The quantitative estimate of drug-likeness (QED) is 0.542. The molecule has 7 heteroatoms. The minimum absolute atomic E-state index is 0.0196. The maximum atomic E-state index is 13.6. The van der Waals surface area contributed by atoms with Crippen LogP contribution in [-0.2, 0) is 9.53 Å². The van der Waals surface area contributed by atoms with Crippen LogP contribution in [-0.4, -0.2) is 30.6 Å². The molecule has 0 spiro atoms. The highest BCUT2D eigenvalue weighted by atomic mass is 19.1. The zero-order valence-corrected chi connectivity index (χ0v) is 12.3. The third kappa shape index (κ3) is 5.93. The van der Waals surface area contributed by atoms with E-state index in [0.717, 1.165) is 12.5 Å². The van der Waals surface area contributed by atoms with Crippen LogP contribution in [0.15, 0.2) is 6.07 Å². The van der Waals surface area contributed by atoms with Crippen LogP contribution in [0.2, 0.25) is 0 Å². The largest absolute Gasteiger partial charge is 0.466 e. The van der Waals surface area contributed by atoms with Gasteiger partial charge in [0.15, 0.2) is 23.3 Å². The van der Waals surface area contributed by atoms with E-state index < -0.39 is 11.6 Å². The van der Waals surface area contributed by atoms with Gasteiger partial charge in [-0.1, -0.05) is 6.92 Å². The molecule has 118 valence electrons. The van der Waals surface area contributed by atoms with Gasteiger partial charge in [0.1, 0.15) is 0 Å². The first-order chi connectivity index (χ1) is 10.1. The Morgan fingerprint density at radius 1 is 1.19 bits per heavy atom. The van der Waals surface area contributed by atoms with Crippen LogP contribution >= 0.6 is 0 Å². The molecule has 0 radical (unpaired) electrons. The van der Waals surface area contributed by atoms with Crippen molar-refractivity contribution in [3.8, 4) is 0 Å². The summed E-state index contributed by atoms with van der Waals surface area (Å²) in [5.41, 5.74) is 0. The van der Waals surface area contributed by atoms with Crippen LogP contribution in [0.25, 0.3) is 0 Å². The first-order valence-corrected chi connectivity index (χ1v) is 7.07. The normalized spacial score (nSPS) is 10.3. The average molecular weight is 301 g/mol. The molecule has 0 saturated heterocycles. The summed E-state index contributed by atoms with van der Waals surface area (Å²) < 4.78 is 31.8. The number of pyridine rings is 1. The number of nitrogens with one attached hydrogen (secondary N) is 2. The zero-order chi connectivity index (χ0) is 15.7. The van der Waals surface area contributed by atoms with Gasteiger partial charge in [-0.3, -0.25) is 4.79 Å². The summed E-state index contributed by atoms with van der Waals surface area (Å²) in [6, 6.07) is 0.790. The van der Waals surface area contributed by atoms with Gasteiger partial charge in [0.05, 0.1) is 6.61 Å². The lowest BCUT2D eigenvalue weighted by molar-refractivity contribution is -0.143. The number of hydrogen-bond acceptors (Lipinski definition) is 5. The predicted molar refractivity (Wildman–Crippen MR) is 77.3 cm³/mol. The van der Waals surface area contributed by atoms with Crippen molar-refractivity contribution in [3.05, 3.63) is 17.7 Å². The number of rotatable bonds is 9. The Labute approximate surface area is 123 Å². The van der Waals surface area contributed by atoms with E-state index in [2.05, 4.69) is 15.6 Å². The van der Waals surface area contributed by atoms with E-state index >= 15 is 0 Å². The van der Waals surface area contributed by atoms with Gasteiger partial charge >= 0.3 is 5.97 Å². The van der Waals surface area contributed by atoms with Crippen LogP contribution in [0.4, 0.5) is 20.4 Å². The van der Waals surface area contributed by atoms with Gasteiger partial charge in [0.2, 0.25) is 0 Å². The van der Waals surface area contributed by atoms with Gasteiger partial charge in [0, 0.05) is 25.6 Å². The number of carbonyl (C=O) groups excluding carboxylic acids is 1. The minimum atomic E-state index is -0.759. The number of esters is 1. The van der Waals surface area contributed by atoms with E-state index in [1.807, 2.05) is 6.92 Å². The third-order valence-corrected chi connectivity index (χ3v) is 2.63. The summed E-state index contributed by atoms with van der Waals surface area (Å²) in [7, 11) is 0. The fourth-order valence-corrected chi connectivity index (χ4v) is 1.63. The average Bonchev–Trinajstić information content (AvgIpc) is 2.44. The van der Waals surface area contributed by atoms with Crippen molar-refractivity contribution in [3.63, 3.8) is 0 Å². The molecule has 0 atom stereocenters. The Balaban J connectivity index is 2.52. The van der Waals surface area contributed by atoms with Gasteiger partial charge in [-0.25, -0.2) is 13.8 Å². The molecule has 1 aromatic rings. The summed E-state index contributed by atoms with van der Waals surface area (Å²) >= 11 is 0. The van der Waals surface area contributed by atoms with Crippen molar-refractivity contribution >= 4 is 17.6 Å². The number of aromatic nitrogens is 1. The Kier molecular flexibility index (Phi) is 7.42. The van der Waals surface area contributed by atoms with Gasteiger partial charge in [-0.15, -0.1) is 0 Å². The second-order valence-corrected chi connectivity index (χ2v) is 4.41. The van der Waals surface area contributed by atoms with Gasteiger partial charge in [0.25, 0.3) is 0 Å². The molecule has 0 bridgehead atoms. The Hall–Kier alpha value is -1.92. The maximum Gasteiger partial charge on any atom is 0.305 e. The maximum absolute atomic E-state index is 13.6. The van der Waals surface area contributed by atoms with E-state index in [0.29, 0.717) is 26.1 Å². The number of ether oxygens (including phenoxy) is 1. The Morgan fingerprint density at radius 3 is 2.38 bits per heavy atom. The molecular formula is C14H21F2N3O2. The summed E-state index contributed by atoms with van der Waals surface area (Å²) in [6.07, 6.45) is 1.53. The third-order valence-electron chi connectivity index (χ3n) is 2.63. The summed E-state index contributed by atoms with van der Waals surface area (Å²) in [5, 5.41) is 5.54. The molecule has 0 amide bonds. The first kappa shape index (κ1) is 17.1. The van der Waals surface area contributed by atoms with Crippen molar-refractivity contribution in [1.82, 2.24) is 4.98 Å². The standard InChI is InChI=1S/C14H21F2N3O2/c1-3-7-17-13-10(15)9-11(16)14(19-13)18-8-5-6-12(20)21-4-2/h9H,3-8H2,1-2H3,(H2,17,18,19). The van der Waals surface area contributed by atoms with Crippen molar-refractivity contribution in [2.45, 2.75) is 33.1 Å². The SMILES string of the molecule is CCCNc1nc(NCCCC(=O)OCC)c(F)cc1F. The molecule has 1 aromatic heterocycles. The molecule has 0 aliphatic rings. The highest BCUT2D eigenvalue weighted by Gasteiger charge is 2.11. The van der Waals surface area contributed by atoms with Crippen molar-refractivity contribution in [1.29, 1.82) is 0 Å². The lowest BCUT2D eigenvalue weighted by atomic mass is 10.3. The molecule has 1 heterocycles. The highest BCUT2D eigenvalue weighted by molar-refractivity contribution is 5.69. The van der Waals surface area contributed by atoms with Crippen LogP contribution in [0, 0.1) is 11.6 Å². The van der Waals surface area contributed by atoms with Crippen LogP contribution < -0.4 is 10.6 Å². The van der Waals surface area contributed by atoms with E-state index in [1.54, 1.807) is 6.92 Å². The number of nitrogens with zero attached hydrogens (tertiary/aromatic N) is 1. The van der Waals surface area contributed by atoms with Crippen LogP contribution in [0.3, 0.4) is 0 Å². The van der Waals surface area contributed by atoms with Crippen LogP contribution in [0.1, 0.15) is 33.1 Å². The molecule has 0 saturated carbocycles. The molecule has 0 aromatic carbocycles. The topological polar surface area (TPSA) is 63.2 Å². The van der Waals surface area contributed by atoms with Crippen molar-refractivity contribution in [2.75, 3.05) is 30.3 Å². The molecule has 0 unspecified atom stereocenters. The lowest BCUT2D eigenvalue weighted by Gasteiger charge is -2.10. The van der Waals surface area contributed by atoms with Crippen molar-refractivity contribution in [2.24, 2.45) is 0 Å². The molecular weight excluding hydrogens is 280 g/mol. The molecule has 21 heavy (non-hydrogen) atoms. The Morgan fingerprint density at radius 2 is 1.81 bits per heavy atom. The van der Waals surface area contributed by atoms with E-state index in [-0.39, 0.29) is 24.0 Å². The lowest BCUT2D eigenvalue weighted by Crippen LogP contribution is -2.12. The first-order valence-electron chi connectivity index (χ1n) is 7.07. The second kappa shape index (κ2) is 9.10. The summed E-state index contributed by atoms with van der Waals surface area (Å²) in [5.74, 6) is -1.79. The summed E-state index contributed by atoms with van der Waals surface area (Å²) in [4.78, 5) is 15.0. The molecule has 2 N–H and O–H groups in total. The molecule has 5 nitrogen and oxygen atoms in total. The van der Waals surface area contributed by atoms with E-state index in [9.17, 15) is 13.6 Å². The molecule has 0 aliphatic carbocycles.